The predicted molar refractivity (Wildman–Crippen MR) is 71.2 cm³/mol. The summed E-state index contributed by atoms with van der Waals surface area (Å²) in [5.74, 6) is -0.798. The van der Waals surface area contributed by atoms with Gasteiger partial charge >= 0.3 is 0 Å². The maximum absolute atomic E-state index is 13.7. The lowest BCUT2D eigenvalue weighted by Crippen LogP contribution is -2.05. The van der Waals surface area contributed by atoms with Crippen LogP contribution in [-0.4, -0.2) is 16.5 Å². The van der Waals surface area contributed by atoms with E-state index in [1.807, 2.05) is 6.92 Å². The van der Waals surface area contributed by atoms with Gasteiger partial charge in [0.25, 0.3) is 0 Å². The van der Waals surface area contributed by atoms with Gasteiger partial charge in [-0.3, -0.25) is 0 Å². The summed E-state index contributed by atoms with van der Waals surface area (Å²) in [6.45, 7) is 2.69. The Morgan fingerprint density at radius 1 is 1.26 bits per heavy atom. The van der Waals surface area contributed by atoms with Crippen LogP contribution < -0.4 is 5.32 Å². The van der Waals surface area contributed by atoms with Crippen LogP contribution in [0.1, 0.15) is 13.3 Å². The summed E-state index contributed by atoms with van der Waals surface area (Å²) < 4.78 is 26.8. The van der Waals surface area contributed by atoms with E-state index < -0.39 is 11.6 Å². The Bertz CT molecular complexity index is 590. The van der Waals surface area contributed by atoms with Gasteiger partial charge in [-0.1, -0.05) is 18.5 Å². The number of hydrogen-bond acceptors (Lipinski definition) is 3. The van der Waals surface area contributed by atoms with E-state index in [2.05, 4.69) is 15.3 Å². The zero-order chi connectivity index (χ0) is 13.8. The maximum Gasteiger partial charge on any atom is 0.223 e. The van der Waals surface area contributed by atoms with Gasteiger partial charge in [-0.05, 0) is 24.6 Å². The van der Waals surface area contributed by atoms with Crippen molar-refractivity contribution in [1.29, 1.82) is 0 Å². The second-order valence-electron chi connectivity index (χ2n) is 3.95. The summed E-state index contributed by atoms with van der Waals surface area (Å²) in [4.78, 5) is 7.91. The average molecular weight is 284 g/mol. The number of benzene rings is 1. The maximum atomic E-state index is 13.7. The number of rotatable bonds is 4. The zero-order valence-corrected chi connectivity index (χ0v) is 11.0. The van der Waals surface area contributed by atoms with Crippen molar-refractivity contribution in [3.05, 3.63) is 41.1 Å². The van der Waals surface area contributed by atoms with Crippen molar-refractivity contribution in [2.45, 2.75) is 13.3 Å². The summed E-state index contributed by atoms with van der Waals surface area (Å²) >= 11 is 5.68. The van der Waals surface area contributed by atoms with E-state index in [4.69, 9.17) is 11.6 Å². The summed E-state index contributed by atoms with van der Waals surface area (Å²) in [6, 6.07) is 3.94. The van der Waals surface area contributed by atoms with Gasteiger partial charge in [0.2, 0.25) is 5.95 Å². The Balaban J connectivity index is 2.39. The number of halogens is 3. The highest BCUT2D eigenvalue weighted by atomic mass is 35.5. The fourth-order valence-electron chi connectivity index (χ4n) is 1.53. The van der Waals surface area contributed by atoms with Crippen LogP contribution in [0.25, 0.3) is 11.3 Å². The molecule has 0 saturated heterocycles. The summed E-state index contributed by atoms with van der Waals surface area (Å²) in [5, 5.41) is 2.89. The van der Waals surface area contributed by atoms with Crippen LogP contribution in [0, 0.1) is 11.6 Å². The molecule has 19 heavy (non-hydrogen) atoms. The van der Waals surface area contributed by atoms with E-state index in [0.29, 0.717) is 18.1 Å². The minimum Gasteiger partial charge on any atom is -0.354 e. The molecule has 0 aliphatic rings. The molecule has 0 atom stereocenters. The Hall–Kier alpha value is -1.75. The predicted octanol–water partition coefficient (Wildman–Crippen LogP) is 3.90. The zero-order valence-electron chi connectivity index (χ0n) is 10.3. The first-order chi connectivity index (χ1) is 9.11. The molecule has 2 aromatic rings. The average Bonchev–Trinajstić information content (AvgIpc) is 2.41. The van der Waals surface area contributed by atoms with Gasteiger partial charge in [-0.15, -0.1) is 0 Å². The van der Waals surface area contributed by atoms with Gasteiger partial charge in [0.05, 0.1) is 11.2 Å². The Morgan fingerprint density at radius 2 is 2.05 bits per heavy atom. The van der Waals surface area contributed by atoms with Crippen molar-refractivity contribution in [3.63, 3.8) is 0 Å². The molecule has 0 spiro atoms. The van der Waals surface area contributed by atoms with Crippen LogP contribution in [-0.2, 0) is 0 Å². The van der Waals surface area contributed by atoms with Crippen LogP contribution in [0.15, 0.2) is 24.4 Å². The van der Waals surface area contributed by atoms with Crippen LogP contribution >= 0.6 is 11.6 Å². The van der Waals surface area contributed by atoms with Gasteiger partial charge in [0, 0.05) is 12.1 Å². The number of nitrogens with zero attached hydrogens (tertiary/aromatic N) is 2. The summed E-state index contributed by atoms with van der Waals surface area (Å²) in [5.41, 5.74) is 0.501. The largest absolute Gasteiger partial charge is 0.354 e. The molecule has 3 nitrogen and oxygen atoms in total. The van der Waals surface area contributed by atoms with Gasteiger partial charge < -0.3 is 5.32 Å². The molecule has 0 aliphatic carbocycles. The second-order valence-corrected chi connectivity index (χ2v) is 4.35. The third-order valence-electron chi connectivity index (χ3n) is 2.47. The molecule has 1 N–H and O–H groups in total. The molecule has 0 unspecified atom stereocenters. The van der Waals surface area contributed by atoms with Crippen LogP contribution in [0.5, 0.6) is 0 Å². The van der Waals surface area contributed by atoms with Crippen molar-refractivity contribution in [2.24, 2.45) is 0 Å². The number of nitrogens with one attached hydrogen (secondary N) is 1. The van der Waals surface area contributed by atoms with Crippen LogP contribution in [0.2, 0.25) is 5.02 Å². The molecule has 0 amide bonds. The van der Waals surface area contributed by atoms with Crippen LogP contribution in [0.3, 0.4) is 0 Å². The lowest BCUT2D eigenvalue weighted by molar-refractivity contribution is 0.617. The van der Waals surface area contributed by atoms with E-state index in [1.165, 1.54) is 18.2 Å². The highest BCUT2D eigenvalue weighted by Gasteiger charge is 2.11. The standard InChI is InChI=1S/C13H12ClF2N3/c1-2-5-17-13-18-7-11(16)12(19-13)8-3-4-10(15)9(14)6-8/h3-4,6-7H,2,5H2,1H3,(H,17,18,19). The van der Waals surface area contributed by atoms with Crippen molar-refractivity contribution < 1.29 is 8.78 Å². The monoisotopic (exact) mass is 283 g/mol. The lowest BCUT2D eigenvalue weighted by Gasteiger charge is -2.07. The summed E-state index contributed by atoms with van der Waals surface area (Å²) in [6.07, 6.45) is 1.98. The van der Waals surface area contributed by atoms with E-state index in [9.17, 15) is 8.78 Å². The van der Waals surface area contributed by atoms with E-state index in [1.54, 1.807) is 0 Å². The van der Waals surface area contributed by atoms with Crippen molar-refractivity contribution >= 4 is 17.5 Å². The van der Waals surface area contributed by atoms with Crippen molar-refractivity contribution in [3.8, 4) is 11.3 Å². The smallest absolute Gasteiger partial charge is 0.223 e. The number of aromatic nitrogens is 2. The SMILES string of the molecule is CCCNc1ncc(F)c(-c2ccc(F)c(Cl)c2)n1. The normalized spacial score (nSPS) is 10.5. The van der Waals surface area contributed by atoms with Gasteiger partial charge in [0.15, 0.2) is 5.82 Å². The molecule has 1 heterocycles. The van der Waals surface area contributed by atoms with Crippen molar-refractivity contribution in [2.75, 3.05) is 11.9 Å². The first-order valence-corrected chi connectivity index (χ1v) is 6.21. The summed E-state index contributed by atoms with van der Waals surface area (Å²) in [7, 11) is 0. The minimum atomic E-state index is -0.579. The molecular weight excluding hydrogens is 272 g/mol. The molecule has 1 aromatic heterocycles. The topological polar surface area (TPSA) is 37.8 Å². The quantitative estimate of drug-likeness (QED) is 0.925. The fraction of sp³-hybridized carbons (Fsp3) is 0.231. The number of hydrogen-bond donors (Lipinski definition) is 1. The second kappa shape index (κ2) is 5.93. The molecule has 0 fully saturated rings. The molecule has 100 valence electrons. The molecule has 1 aromatic carbocycles. The third kappa shape index (κ3) is 3.17. The Labute approximate surface area is 114 Å². The molecule has 0 saturated carbocycles. The molecule has 6 heteroatoms. The minimum absolute atomic E-state index is 0.0708. The third-order valence-corrected chi connectivity index (χ3v) is 2.76. The first kappa shape index (κ1) is 13.7. The van der Waals surface area contributed by atoms with Crippen LogP contribution in [0.4, 0.5) is 14.7 Å². The highest BCUT2D eigenvalue weighted by molar-refractivity contribution is 6.31. The van der Waals surface area contributed by atoms with Gasteiger partial charge in [-0.25, -0.2) is 18.7 Å². The first-order valence-electron chi connectivity index (χ1n) is 5.83. The molecule has 2 rings (SSSR count). The molecule has 0 radical (unpaired) electrons. The van der Waals surface area contributed by atoms with Crippen molar-refractivity contribution in [1.82, 2.24) is 9.97 Å². The van der Waals surface area contributed by atoms with Gasteiger partial charge in [-0.2, -0.15) is 0 Å². The number of anilines is 1. The van der Waals surface area contributed by atoms with Gasteiger partial charge in [0.1, 0.15) is 11.5 Å². The van der Waals surface area contributed by atoms with E-state index in [-0.39, 0.29) is 10.7 Å². The Kier molecular flexibility index (Phi) is 4.27. The lowest BCUT2D eigenvalue weighted by atomic mass is 10.1. The molecule has 0 bridgehead atoms. The molecular formula is C13H12ClF2N3. The highest BCUT2D eigenvalue weighted by Crippen LogP contribution is 2.25. The fourth-order valence-corrected chi connectivity index (χ4v) is 1.72. The van der Waals surface area contributed by atoms with E-state index in [0.717, 1.165) is 12.6 Å². The Morgan fingerprint density at radius 3 is 2.74 bits per heavy atom. The molecule has 0 aliphatic heterocycles. The van der Waals surface area contributed by atoms with E-state index >= 15 is 0 Å².